The summed E-state index contributed by atoms with van der Waals surface area (Å²) in [5.74, 6) is -0.666. The Balaban J connectivity index is 1.48. The molecule has 0 spiro atoms. The fraction of sp³-hybridized carbons (Fsp3) is 0.280. The average molecular weight is 432 g/mol. The molecule has 2 aromatic heterocycles. The summed E-state index contributed by atoms with van der Waals surface area (Å²) in [6, 6.07) is 12.6. The molecule has 0 saturated carbocycles. The predicted octanol–water partition coefficient (Wildman–Crippen LogP) is 4.38. The number of hydrogen-bond donors (Lipinski definition) is 2. The summed E-state index contributed by atoms with van der Waals surface area (Å²) in [5.41, 5.74) is 3.90. The number of aromatic nitrogens is 2. The number of anilines is 1. The van der Waals surface area contributed by atoms with E-state index in [1.165, 1.54) is 12.1 Å². The van der Waals surface area contributed by atoms with E-state index in [-0.39, 0.29) is 17.6 Å². The minimum Gasteiger partial charge on any atom is -0.361 e. The summed E-state index contributed by atoms with van der Waals surface area (Å²) in [4.78, 5) is 30.8. The molecule has 2 N–H and O–H groups in total. The molecule has 1 aliphatic heterocycles. The number of aromatic amines is 1. The van der Waals surface area contributed by atoms with Gasteiger partial charge in [-0.3, -0.25) is 9.59 Å². The van der Waals surface area contributed by atoms with Gasteiger partial charge in [-0.1, -0.05) is 18.2 Å². The van der Waals surface area contributed by atoms with Crippen molar-refractivity contribution in [3.63, 3.8) is 0 Å². The van der Waals surface area contributed by atoms with Crippen LogP contribution in [-0.2, 0) is 17.8 Å². The molecule has 1 saturated heterocycles. The first-order valence-electron chi connectivity index (χ1n) is 11.0. The number of H-pyrrole nitrogens is 1. The summed E-state index contributed by atoms with van der Waals surface area (Å²) in [5, 5.41) is 4.77. The monoisotopic (exact) mass is 432 g/mol. The summed E-state index contributed by atoms with van der Waals surface area (Å²) >= 11 is 0. The highest BCUT2D eigenvalue weighted by molar-refractivity contribution is 6.14. The minimum absolute atomic E-state index is 0.0303. The Morgan fingerprint density at radius 3 is 2.81 bits per heavy atom. The number of carbonyl (C=O) groups is 2. The number of rotatable bonds is 6. The third-order valence-electron chi connectivity index (χ3n) is 6.23. The van der Waals surface area contributed by atoms with Gasteiger partial charge in [-0.15, -0.1) is 0 Å². The molecule has 2 amide bonds. The summed E-state index contributed by atoms with van der Waals surface area (Å²) in [7, 11) is 0. The van der Waals surface area contributed by atoms with Crippen LogP contribution in [0.5, 0.6) is 0 Å². The average Bonchev–Trinajstić information content (AvgIpc) is 3.48. The number of fused-ring (bicyclic) bond motifs is 2. The van der Waals surface area contributed by atoms with Crippen LogP contribution in [-0.4, -0.2) is 34.5 Å². The van der Waals surface area contributed by atoms with E-state index in [1.54, 1.807) is 11.0 Å². The van der Waals surface area contributed by atoms with Gasteiger partial charge in [-0.05, 0) is 49.6 Å². The zero-order valence-corrected chi connectivity index (χ0v) is 18.0. The maximum atomic E-state index is 14.1. The second kappa shape index (κ2) is 8.15. The Labute approximate surface area is 185 Å². The predicted molar refractivity (Wildman–Crippen MR) is 123 cm³/mol. The fourth-order valence-electron chi connectivity index (χ4n) is 4.76. The molecule has 1 fully saturated rings. The van der Waals surface area contributed by atoms with Gasteiger partial charge in [0.15, 0.2) is 0 Å². The first kappa shape index (κ1) is 20.3. The number of para-hydroxylation sites is 1. The van der Waals surface area contributed by atoms with Crippen LogP contribution in [0.1, 0.15) is 35.8 Å². The number of aryl methyl sites for hydroxylation is 1. The highest BCUT2D eigenvalue weighted by Gasteiger charge is 2.31. The van der Waals surface area contributed by atoms with Crippen LogP contribution in [0.3, 0.4) is 0 Å². The molecule has 0 radical (unpaired) electrons. The molecule has 0 aliphatic carbocycles. The lowest BCUT2D eigenvalue weighted by Crippen LogP contribution is -2.31. The van der Waals surface area contributed by atoms with Gasteiger partial charge in [-0.25, -0.2) is 4.39 Å². The highest BCUT2D eigenvalue weighted by Crippen LogP contribution is 2.37. The first-order chi connectivity index (χ1) is 15.6. The minimum atomic E-state index is -0.384. The van der Waals surface area contributed by atoms with Gasteiger partial charge in [0, 0.05) is 48.5 Å². The normalized spacial score (nSPS) is 14.1. The van der Waals surface area contributed by atoms with E-state index in [4.69, 9.17) is 0 Å². The Hall–Kier alpha value is -3.61. The Morgan fingerprint density at radius 1 is 1.19 bits per heavy atom. The third-order valence-corrected chi connectivity index (χ3v) is 6.23. The number of halogens is 1. The van der Waals surface area contributed by atoms with Crippen molar-refractivity contribution in [2.75, 3.05) is 18.0 Å². The topological polar surface area (TPSA) is 70.1 Å². The van der Waals surface area contributed by atoms with Crippen LogP contribution >= 0.6 is 0 Å². The number of amides is 2. The van der Waals surface area contributed by atoms with Crippen LogP contribution in [0.25, 0.3) is 21.8 Å². The molecule has 164 valence electrons. The van der Waals surface area contributed by atoms with Crippen LogP contribution in [0, 0.1) is 5.82 Å². The SMILES string of the molecule is CCn1c(C(=O)NCCc2c[nH]c3ccccc23)c(N2CCCC2=O)c2cc(F)ccc21. The van der Waals surface area contributed by atoms with Gasteiger partial charge in [0.25, 0.3) is 5.91 Å². The Kier molecular flexibility index (Phi) is 5.17. The van der Waals surface area contributed by atoms with Crippen molar-refractivity contribution in [2.45, 2.75) is 32.7 Å². The van der Waals surface area contributed by atoms with Gasteiger partial charge in [0.1, 0.15) is 11.5 Å². The number of nitrogens with zero attached hydrogens (tertiary/aromatic N) is 2. The quantitative estimate of drug-likeness (QED) is 0.475. The molecule has 2 aromatic carbocycles. The molecule has 5 rings (SSSR count). The summed E-state index contributed by atoms with van der Waals surface area (Å²) in [6.45, 7) is 3.47. The van der Waals surface area contributed by atoms with E-state index < -0.39 is 0 Å². The summed E-state index contributed by atoms with van der Waals surface area (Å²) < 4.78 is 16.0. The van der Waals surface area contributed by atoms with Gasteiger partial charge < -0.3 is 19.8 Å². The lowest BCUT2D eigenvalue weighted by atomic mass is 10.1. The number of nitrogens with one attached hydrogen (secondary N) is 2. The highest BCUT2D eigenvalue weighted by atomic mass is 19.1. The van der Waals surface area contributed by atoms with Crippen molar-refractivity contribution in [3.8, 4) is 0 Å². The largest absolute Gasteiger partial charge is 0.361 e. The van der Waals surface area contributed by atoms with Crippen LogP contribution in [0.15, 0.2) is 48.7 Å². The smallest absolute Gasteiger partial charge is 0.270 e. The van der Waals surface area contributed by atoms with Gasteiger partial charge in [0.2, 0.25) is 5.91 Å². The molecule has 6 nitrogen and oxygen atoms in total. The van der Waals surface area contributed by atoms with Crippen molar-refractivity contribution in [1.29, 1.82) is 0 Å². The molecule has 3 heterocycles. The Bertz CT molecular complexity index is 1340. The lowest BCUT2D eigenvalue weighted by Gasteiger charge is -2.18. The first-order valence-corrected chi connectivity index (χ1v) is 11.0. The van der Waals surface area contributed by atoms with E-state index >= 15 is 0 Å². The maximum Gasteiger partial charge on any atom is 0.270 e. The number of hydrogen-bond acceptors (Lipinski definition) is 2. The number of carbonyl (C=O) groups excluding carboxylic acids is 2. The zero-order valence-electron chi connectivity index (χ0n) is 18.0. The van der Waals surface area contributed by atoms with E-state index in [2.05, 4.69) is 16.4 Å². The standard InChI is InChI=1S/C25H25FN4O2/c1-2-29-21-10-9-17(26)14-19(21)23(30-13-5-8-22(30)31)24(29)25(32)27-12-11-16-15-28-20-7-4-3-6-18(16)20/h3-4,6-7,9-10,14-15,28H,2,5,8,11-13H2,1H3,(H,27,32). The Morgan fingerprint density at radius 2 is 2.03 bits per heavy atom. The van der Waals surface area contributed by atoms with E-state index in [9.17, 15) is 14.0 Å². The van der Waals surface area contributed by atoms with Crippen LogP contribution in [0.2, 0.25) is 0 Å². The molecule has 1 aliphatic rings. The van der Waals surface area contributed by atoms with Gasteiger partial charge in [0.05, 0.1) is 11.2 Å². The van der Waals surface area contributed by atoms with E-state index in [0.29, 0.717) is 49.2 Å². The molecule has 4 aromatic rings. The molecule has 32 heavy (non-hydrogen) atoms. The molecular weight excluding hydrogens is 407 g/mol. The van der Waals surface area contributed by atoms with Crippen LogP contribution in [0.4, 0.5) is 10.1 Å². The second-order valence-corrected chi connectivity index (χ2v) is 8.12. The van der Waals surface area contributed by atoms with E-state index in [1.807, 2.05) is 35.9 Å². The molecule has 0 unspecified atom stereocenters. The third kappa shape index (κ3) is 3.34. The number of benzene rings is 2. The van der Waals surface area contributed by atoms with Gasteiger partial charge in [-0.2, -0.15) is 0 Å². The molecular formula is C25H25FN4O2. The zero-order chi connectivity index (χ0) is 22.2. The fourth-order valence-corrected chi connectivity index (χ4v) is 4.76. The second-order valence-electron chi connectivity index (χ2n) is 8.12. The van der Waals surface area contributed by atoms with Crippen molar-refractivity contribution >= 4 is 39.3 Å². The van der Waals surface area contributed by atoms with E-state index in [0.717, 1.165) is 28.4 Å². The summed E-state index contributed by atoms with van der Waals surface area (Å²) in [6.07, 6.45) is 3.82. The van der Waals surface area contributed by atoms with Crippen molar-refractivity contribution < 1.29 is 14.0 Å². The van der Waals surface area contributed by atoms with Crippen molar-refractivity contribution in [3.05, 3.63) is 65.7 Å². The molecule has 0 bridgehead atoms. The maximum absolute atomic E-state index is 14.1. The molecule has 7 heteroatoms. The van der Waals surface area contributed by atoms with Gasteiger partial charge >= 0.3 is 0 Å². The van der Waals surface area contributed by atoms with Crippen molar-refractivity contribution in [1.82, 2.24) is 14.9 Å². The van der Waals surface area contributed by atoms with Crippen LogP contribution < -0.4 is 10.2 Å². The van der Waals surface area contributed by atoms with Crippen molar-refractivity contribution in [2.24, 2.45) is 0 Å². The lowest BCUT2D eigenvalue weighted by molar-refractivity contribution is -0.117. The molecule has 0 atom stereocenters.